The van der Waals surface area contributed by atoms with Gasteiger partial charge < -0.3 is 15.2 Å². The maximum atomic E-state index is 11.9. The van der Waals surface area contributed by atoms with E-state index in [0.29, 0.717) is 6.54 Å². The summed E-state index contributed by atoms with van der Waals surface area (Å²) in [7, 11) is 0. The summed E-state index contributed by atoms with van der Waals surface area (Å²) in [5.41, 5.74) is 0.441. The standard InChI is InChI=1S/C18H28N2O3/c1-18(2,3)23-17(22)19-15-10-7-11-20(12-15)13-16(21)14-8-5-4-6-9-14/h4-6,8-9,15-16,21H,7,10-13H2,1-3H3,(H,19,22)/t15-,16+/m1/s1. The number of aliphatic hydroxyl groups excluding tert-OH is 1. The molecule has 1 aromatic carbocycles. The van der Waals surface area contributed by atoms with Gasteiger partial charge in [-0.15, -0.1) is 0 Å². The number of nitrogens with zero attached hydrogens (tertiary/aromatic N) is 1. The number of carbonyl (C=O) groups excluding carboxylic acids is 1. The Morgan fingerprint density at radius 1 is 1.39 bits per heavy atom. The molecule has 2 N–H and O–H groups in total. The zero-order valence-electron chi connectivity index (χ0n) is 14.3. The van der Waals surface area contributed by atoms with Gasteiger partial charge in [-0.3, -0.25) is 4.90 Å². The Bertz CT molecular complexity index is 499. The SMILES string of the molecule is CC(C)(C)OC(=O)N[C@@H]1CCCN(C[C@H](O)c2ccccc2)C1. The molecule has 5 nitrogen and oxygen atoms in total. The lowest BCUT2D eigenvalue weighted by molar-refractivity contribution is 0.0447. The number of β-amino-alcohol motifs (C(OH)–C–C–N with tert-alkyl or cyclic N) is 1. The van der Waals surface area contributed by atoms with Crippen LogP contribution < -0.4 is 5.32 Å². The number of piperidine rings is 1. The number of hydrogen-bond donors (Lipinski definition) is 2. The number of alkyl carbamates (subject to hydrolysis) is 1. The maximum absolute atomic E-state index is 11.9. The molecule has 1 fully saturated rings. The molecule has 2 rings (SSSR count). The van der Waals surface area contributed by atoms with Crippen molar-refractivity contribution in [2.75, 3.05) is 19.6 Å². The van der Waals surface area contributed by atoms with E-state index in [-0.39, 0.29) is 12.1 Å². The lowest BCUT2D eigenvalue weighted by atomic mass is 10.0. The van der Waals surface area contributed by atoms with Gasteiger partial charge >= 0.3 is 6.09 Å². The van der Waals surface area contributed by atoms with Crippen molar-refractivity contribution in [3.05, 3.63) is 35.9 Å². The van der Waals surface area contributed by atoms with Gasteiger partial charge in [-0.25, -0.2) is 4.79 Å². The molecule has 5 heteroatoms. The zero-order valence-corrected chi connectivity index (χ0v) is 14.3. The number of hydrogen-bond acceptors (Lipinski definition) is 4. The molecule has 1 aliphatic rings. The van der Waals surface area contributed by atoms with Crippen LogP contribution >= 0.6 is 0 Å². The fourth-order valence-corrected chi connectivity index (χ4v) is 2.84. The molecule has 1 aliphatic heterocycles. The minimum atomic E-state index is -0.503. The van der Waals surface area contributed by atoms with Crippen molar-refractivity contribution >= 4 is 6.09 Å². The molecule has 0 unspecified atom stereocenters. The van der Waals surface area contributed by atoms with Crippen LogP contribution in [-0.2, 0) is 4.74 Å². The molecular formula is C18H28N2O3. The summed E-state index contributed by atoms with van der Waals surface area (Å²) in [6.45, 7) is 7.83. The van der Waals surface area contributed by atoms with Crippen LogP contribution in [-0.4, -0.2) is 47.4 Å². The van der Waals surface area contributed by atoms with E-state index in [1.165, 1.54) is 0 Å². The summed E-state index contributed by atoms with van der Waals surface area (Å²) >= 11 is 0. The molecule has 23 heavy (non-hydrogen) atoms. The van der Waals surface area contributed by atoms with Crippen molar-refractivity contribution in [3.8, 4) is 0 Å². The second-order valence-corrected chi connectivity index (χ2v) is 7.17. The lowest BCUT2D eigenvalue weighted by Gasteiger charge is -2.34. The van der Waals surface area contributed by atoms with Crippen molar-refractivity contribution < 1.29 is 14.6 Å². The molecule has 0 aliphatic carbocycles. The first-order valence-corrected chi connectivity index (χ1v) is 8.28. The Morgan fingerprint density at radius 2 is 2.09 bits per heavy atom. The van der Waals surface area contributed by atoms with Crippen LogP contribution in [0.3, 0.4) is 0 Å². The van der Waals surface area contributed by atoms with Gasteiger partial charge in [-0.05, 0) is 45.7 Å². The van der Waals surface area contributed by atoms with Crippen LogP contribution in [0.2, 0.25) is 0 Å². The molecular weight excluding hydrogens is 292 g/mol. The van der Waals surface area contributed by atoms with Crippen molar-refractivity contribution in [1.29, 1.82) is 0 Å². The number of nitrogens with one attached hydrogen (secondary N) is 1. The molecule has 1 amide bonds. The normalized spacial score (nSPS) is 20.8. The monoisotopic (exact) mass is 320 g/mol. The van der Waals surface area contributed by atoms with Gasteiger partial charge in [0.05, 0.1) is 6.10 Å². The summed E-state index contributed by atoms with van der Waals surface area (Å²) in [5.74, 6) is 0. The minimum Gasteiger partial charge on any atom is -0.444 e. The minimum absolute atomic E-state index is 0.0709. The number of rotatable bonds is 4. The van der Waals surface area contributed by atoms with E-state index in [9.17, 15) is 9.90 Å². The van der Waals surface area contributed by atoms with E-state index in [4.69, 9.17) is 4.74 Å². The van der Waals surface area contributed by atoms with Gasteiger partial charge in [0.15, 0.2) is 0 Å². The maximum Gasteiger partial charge on any atom is 0.407 e. The molecule has 128 valence electrons. The van der Waals surface area contributed by atoms with E-state index < -0.39 is 11.7 Å². The average Bonchev–Trinajstić information content (AvgIpc) is 2.46. The Morgan fingerprint density at radius 3 is 2.74 bits per heavy atom. The van der Waals surface area contributed by atoms with Crippen LogP contribution in [0.4, 0.5) is 4.79 Å². The summed E-state index contributed by atoms with van der Waals surface area (Å²) < 4.78 is 5.31. The van der Waals surface area contributed by atoms with Crippen LogP contribution in [0.25, 0.3) is 0 Å². The summed E-state index contributed by atoms with van der Waals surface area (Å²) in [6.07, 6.45) is 1.07. The fraction of sp³-hybridized carbons (Fsp3) is 0.611. The Hall–Kier alpha value is -1.59. The molecule has 0 bridgehead atoms. The number of aliphatic hydroxyl groups is 1. The fourth-order valence-electron chi connectivity index (χ4n) is 2.84. The van der Waals surface area contributed by atoms with Gasteiger partial charge in [0.1, 0.15) is 5.60 Å². The van der Waals surface area contributed by atoms with Gasteiger partial charge in [0.2, 0.25) is 0 Å². The van der Waals surface area contributed by atoms with E-state index in [0.717, 1.165) is 31.5 Å². The van der Waals surface area contributed by atoms with Crippen LogP contribution in [0.1, 0.15) is 45.3 Å². The van der Waals surface area contributed by atoms with Gasteiger partial charge in [-0.2, -0.15) is 0 Å². The average molecular weight is 320 g/mol. The van der Waals surface area contributed by atoms with Crippen LogP contribution in [0.5, 0.6) is 0 Å². The number of carbonyl (C=O) groups is 1. The van der Waals surface area contributed by atoms with Crippen molar-refractivity contribution in [2.24, 2.45) is 0 Å². The highest BCUT2D eigenvalue weighted by Gasteiger charge is 2.25. The highest BCUT2D eigenvalue weighted by atomic mass is 16.6. The van der Waals surface area contributed by atoms with Crippen LogP contribution in [0.15, 0.2) is 30.3 Å². The molecule has 0 saturated carbocycles. The third-order valence-corrected chi connectivity index (χ3v) is 3.84. The number of likely N-dealkylation sites (tertiary alicyclic amines) is 1. The smallest absolute Gasteiger partial charge is 0.407 e. The second kappa shape index (κ2) is 7.79. The third kappa shape index (κ3) is 6.20. The number of benzene rings is 1. The molecule has 2 atom stereocenters. The highest BCUT2D eigenvalue weighted by Crippen LogP contribution is 2.18. The van der Waals surface area contributed by atoms with E-state index in [1.54, 1.807) is 0 Å². The lowest BCUT2D eigenvalue weighted by Crippen LogP contribution is -2.49. The first-order chi connectivity index (χ1) is 10.8. The van der Waals surface area contributed by atoms with Gasteiger partial charge in [0.25, 0.3) is 0 Å². The quantitative estimate of drug-likeness (QED) is 0.895. The van der Waals surface area contributed by atoms with Gasteiger partial charge in [-0.1, -0.05) is 30.3 Å². The molecule has 1 saturated heterocycles. The highest BCUT2D eigenvalue weighted by molar-refractivity contribution is 5.68. The number of amides is 1. The molecule has 1 aromatic rings. The van der Waals surface area contributed by atoms with Gasteiger partial charge in [0, 0.05) is 19.1 Å². The van der Waals surface area contributed by atoms with E-state index in [2.05, 4.69) is 10.2 Å². The summed E-state index contributed by atoms with van der Waals surface area (Å²) in [4.78, 5) is 14.1. The second-order valence-electron chi connectivity index (χ2n) is 7.17. The topological polar surface area (TPSA) is 61.8 Å². The third-order valence-electron chi connectivity index (χ3n) is 3.84. The Kier molecular flexibility index (Phi) is 6.02. The number of ether oxygens (including phenoxy) is 1. The van der Waals surface area contributed by atoms with Crippen molar-refractivity contribution in [3.63, 3.8) is 0 Å². The van der Waals surface area contributed by atoms with E-state index >= 15 is 0 Å². The zero-order chi connectivity index (χ0) is 16.9. The first kappa shape index (κ1) is 17.8. The Labute approximate surface area is 138 Å². The predicted molar refractivity (Wildman–Crippen MR) is 90.2 cm³/mol. The largest absolute Gasteiger partial charge is 0.444 e. The molecule has 0 aromatic heterocycles. The van der Waals surface area contributed by atoms with Crippen molar-refractivity contribution in [2.45, 2.75) is 51.4 Å². The predicted octanol–water partition coefficient (Wildman–Crippen LogP) is 2.71. The van der Waals surface area contributed by atoms with Crippen molar-refractivity contribution in [1.82, 2.24) is 10.2 Å². The molecule has 0 spiro atoms. The van der Waals surface area contributed by atoms with E-state index in [1.807, 2.05) is 51.1 Å². The summed E-state index contributed by atoms with van der Waals surface area (Å²) in [5, 5.41) is 13.3. The molecule has 1 heterocycles. The first-order valence-electron chi connectivity index (χ1n) is 8.28. The molecule has 0 radical (unpaired) electrons. The summed E-state index contributed by atoms with van der Waals surface area (Å²) in [6, 6.07) is 9.75. The Balaban J connectivity index is 1.82. The van der Waals surface area contributed by atoms with Crippen LogP contribution in [0, 0.1) is 0 Å².